The molecule has 0 spiro atoms. The Hall–Kier alpha value is -0.580. The number of likely N-dealkylation sites (N-methyl/N-ethyl adjacent to an activating group) is 1. The number of benzene rings is 1. The van der Waals surface area contributed by atoms with Gasteiger partial charge in [0.1, 0.15) is 0 Å². The van der Waals surface area contributed by atoms with Crippen LogP contribution in [0.4, 0.5) is 0 Å². The lowest BCUT2D eigenvalue weighted by atomic mass is 10.0. The Kier molecular flexibility index (Phi) is 4.54. The van der Waals surface area contributed by atoms with Crippen molar-refractivity contribution in [3.63, 3.8) is 0 Å². The van der Waals surface area contributed by atoms with E-state index in [9.17, 15) is 9.90 Å². The minimum atomic E-state index is -0.730. The Morgan fingerprint density at radius 2 is 2.11 bits per heavy atom. The van der Waals surface area contributed by atoms with Crippen LogP contribution in [0.3, 0.4) is 0 Å². The minimum absolute atomic E-state index is 0.155. The Morgan fingerprint density at radius 1 is 1.47 bits per heavy atom. The van der Waals surface area contributed by atoms with E-state index in [1.165, 1.54) is 0 Å². The normalized spacial score (nSPS) is 17.5. The molecule has 1 aliphatic rings. The average molecular weight is 347 g/mol. The van der Waals surface area contributed by atoms with E-state index < -0.39 is 5.60 Å². The zero-order valence-electron chi connectivity index (χ0n) is 10.8. The van der Waals surface area contributed by atoms with Crippen molar-refractivity contribution in [2.24, 2.45) is 0 Å². The first-order valence-corrected chi connectivity index (χ1v) is 7.51. The fraction of sp³-hybridized carbons (Fsp3) is 0.500. The molecule has 1 N–H and O–H groups in total. The summed E-state index contributed by atoms with van der Waals surface area (Å²) < 4.78 is 0.839. The number of halogens is 2. The number of amides is 1. The third kappa shape index (κ3) is 3.50. The molecule has 1 fully saturated rings. The van der Waals surface area contributed by atoms with Crippen LogP contribution in [0.1, 0.15) is 36.0 Å². The van der Waals surface area contributed by atoms with Crippen LogP contribution >= 0.6 is 27.5 Å². The van der Waals surface area contributed by atoms with Gasteiger partial charge in [-0.1, -0.05) is 40.4 Å². The van der Waals surface area contributed by atoms with Gasteiger partial charge in [-0.2, -0.15) is 0 Å². The third-order valence-corrected chi connectivity index (χ3v) is 4.38. The molecule has 0 atom stereocenters. The smallest absolute Gasteiger partial charge is 0.255 e. The largest absolute Gasteiger partial charge is 0.388 e. The van der Waals surface area contributed by atoms with E-state index in [2.05, 4.69) is 15.9 Å². The molecule has 0 heterocycles. The standard InChI is InChI=1S/C14H17BrClNO2/c1-17(9-14(19)6-2-3-7-14)13(18)11-5-4-10(15)8-12(11)16/h4-5,8,19H,2-3,6-7,9H2,1H3. The first-order chi connectivity index (χ1) is 8.91. The van der Waals surface area contributed by atoms with Crippen LogP contribution in [0, 0.1) is 0 Å². The summed E-state index contributed by atoms with van der Waals surface area (Å²) >= 11 is 9.39. The van der Waals surface area contributed by atoms with Crippen LogP contribution in [0.25, 0.3) is 0 Å². The molecule has 1 saturated carbocycles. The molecule has 1 aromatic rings. The predicted molar refractivity (Wildman–Crippen MR) is 79.5 cm³/mol. The molecule has 1 aromatic carbocycles. The summed E-state index contributed by atoms with van der Waals surface area (Å²) in [5, 5.41) is 10.8. The van der Waals surface area contributed by atoms with Gasteiger partial charge in [0, 0.05) is 18.1 Å². The van der Waals surface area contributed by atoms with Crippen LogP contribution in [0.5, 0.6) is 0 Å². The van der Waals surface area contributed by atoms with Crippen LogP contribution in [-0.2, 0) is 0 Å². The maximum Gasteiger partial charge on any atom is 0.255 e. The molecule has 19 heavy (non-hydrogen) atoms. The van der Waals surface area contributed by atoms with Gasteiger partial charge in [0.25, 0.3) is 5.91 Å². The summed E-state index contributed by atoms with van der Waals surface area (Å²) in [6, 6.07) is 5.19. The fourth-order valence-electron chi connectivity index (χ4n) is 2.57. The van der Waals surface area contributed by atoms with Gasteiger partial charge >= 0.3 is 0 Å². The van der Waals surface area contributed by atoms with Crippen molar-refractivity contribution in [1.29, 1.82) is 0 Å². The van der Waals surface area contributed by atoms with Crippen LogP contribution in [0.15, 0.2) is 22.7 Å². The van der Waals surface area contributed by atoms with Gasteiger partial charge in [-0.05, 0) is 31.0 Å². The molecule has 2 rings (SSSR count). The highest BCUT2D eigenvalue weighted by molar-refractivity contribution is 9.10. The molecule has 0 aliphatic heterocycles. The Labute approximate surface area is 126 Å². The SMILES string of the molecule is CN(CC1(O)CCCC1)C(=O)c1ccc(Br)cc1Cl. The van der Waals surface area contributed by atoms with Crippen molar-refractivity contribution in [2.75, 3.05) is 13.6 Å². The Morgan fingerprint density at radius 3 is 2.68 bits per heavy atom. The van der Waals surface area contributed by atoms with Crippen molar-refractivity contribution in [3.05, 3.63) is 33.3 Å². The quantitative estimate of drug-likeness (QED) is 0.910. The maximum atomic E-state index is 12.3. The predicted octanol–water partition coefficient (Wildman–Crippen LogP) is 3.48. The zero-order chi connectivity index (χ0) is 14.0. The molecule has 1 aliphatic carbocycles. The van der Waals surface area contributed by atoms with Gasteiger partial charge < -0.3 is 10.0 Å². The van der Waals surface area contributed by atoms with Crippen LogP contribution in [0.2, 0.25) is 5.02 Å². The van der Waals surface area contributed by atoms with E-state index in [0.29, 0.717) is 17.1 Å². The topological polar surface area (TPSA) is 40.5 Å². The molecular weight excluding hydrogens is 330 g/mol. The molecule has 0 radical (unpaired) electrons. The first kappa shape index (κ1) is 14.8. The number of rotatable bonds is 3. The van der Waals surface area contributed by atoms with Crippen molar-refractivity contribution < 1.29 is 9.90 Å². The van der Waals surface area contributed by atoms with Gasteiger partial charge in [-0.3, -0.25) is 4.79 Å². The third-order valence-electron chi connectivity index (χ3n) is 3.57. The van der Waals surface area contributed by atoms with Gasteiger partial charge in [0.05, 0.1) is 16.2 Å². The van der Waals surface area contributed by atoms with Crippen molar-refractivity contribution in [3.8, 4) is 0 Å². The van der Waals surface area contributed by atoms with E-state index in [4.69, 9.17) is 11.6 Å². The molecule has 3 nitrogen and oxygen atoms in total. The van der Waals surface area contributed by atoms with Crippen molar-refractivity contribution >= 4 is 33.4 Å². The Bertz CT molecular complexity index is 486. The summed E-state index contributed by atoms with van der Waals surface area (Å²) in [6.07, 6.45) is 3.58. The first-order valence-electron chi connectivity index (χ1n) is 6.34. The van der Waals surface area contributed by atoms with Crippen molar-refractivity contribution in [2.45, 2.75) is 31.3 Å². The highest BCUT2D eigenvalue weighted by atomic mass is 79.9. The zero-order valence-corrected chi connectivity index (χ0v) is 13.2. The average Bonchev–Trinajstić information content (AvgIpc) is 2.75. The molecular formula is C14H17BrClNO2. The molecule has 1 amide bonds. The second kappa shape index (κ2) is 5.81. The Balaban J connectivity index is 2.10. The molecule has 5 heteroatoms. The van der Waals surface area contributed by atoms with Gasteiger partial charge in [-0.25, -0.2) is 0 Å². The summed E-state index contributed by atoms with van der Waals surface area (Å²) in [5.74, 6) is -0.155. The van der Waals surface area contributed by atoms with E-state index in [1.54, 1.807) is 30.1 Å². The number of aliphatic hydroxyl groups is 1. The molecule has 0 unspecified atom stereocenters. The summed E-state index contributed by atoms with van der Waals surface area (Å²) in [6.45, 7) is 0.359. The summed E-state index contributed by atoms with van der Waals surface area (Å²) in [7, 11) is 1.71. The highest BCUT2D eigenvalue weighted by Crippen LogP contribution is 2.30. The number of carbonyl (C=O) groups is 1. The molecule has 0 aromatic heterocycles. The second-order valence-electron chi connectivity index (χ2n) is 5.22. The minimum Gasteiger partial charge on any atom is -0.388 e. The van der Waals surface area contributed by atoms with Crippen LogP contribution in [-0.4, -0.2) is 35.1 Å². The lowest BCUT2D eigenvalue weighted by molar-refractivity contribution is 0.0157. The van der Waals surface area contributed by atoms with E-state index >= 15 is 0 Å². The van der Waals surface area contributed by atoms with Gasteiger partial charge in [0.2, 0.25) is 0 Å². The molecule has 104 valence electrons. The number of nitrogens with zero attached hydrogens (tertiary/aromatic N) is 1. The second-order valence-corrected chi connectivity index (χ2v) is 6.54. The lowest BCUT2D eigenvalue weighted by Gasteiger charge is -2.28. The number of carbonyl (C=O) groups excluding carboxylic acids is 1. The van der Waals surface area contributed by atoms with Gasteiger partial charge in [-0.15, -0.1) is 0 Å². The molecule has 0 bridgehead atoms. The van der Waals surface area contributed by atoms with E-state index in [0.717, 1.165) is 30.2 Å². The fourth-order valence-corrected chi connectivity index (χ4v) is 3.33. The summed E-state index contributed by atoms with van der Waals surface area (Å²) in [4.78, 5) is 13.9. The van der Waals surface area contributed by atoms with E-state index in [-0.39, 0.29) is 5.91 Å². The maximum absolute atomic E-state index is 12.3. The monoisotopic (exact) mass is 345 g/mol. The van der Waals surface area contributed by atoms with Crippen LogP contribution < -0.4 is 0 Å². The number of hydrogen-bond acceptors (Lipinski definition) is 2. The number of hydrogen-bond donors (Lipinski definition) is 1. The lowest BCUT2D eigenvalue weighted by Crippen LogP contribution is -2.42. The van der Waals surface area contributed by atoms with Gasteiger partial charge in [0.15, 0.2) is 0 Å². The summed E-state index contributed by atoms with van der Waals surface area (Å²) in [5.41, 5.74) is -0.263. The molecule has 0 saturated heterocycles. The van der Waals surface area contributed by atoms with Crippen molar-refractivity contribution in [1.82, 2.24) is 4.90 Å². The van der Waals surface area contributed by atoms with E-state index in [1.807, 2.05) is 0 Å². The highest BCUT2D eigenvalue weighted by Gasteiger charge is 2.33.